The van der Waals surface area contributed by atoms with E-state index in [1.807, 2.05) is 0 Å². The number of hydrogen-bond acceptors (Lipinski definition) is 1. The molecule has 0 aliphatic rings. The van der Waals surface area contributed by atoms with Gasteiger partial charge in [0.15, 0.2) is 0 Å². The second-order valence-corrected chi connectivity index (χ2v) is 4.20. The summed E-state index contributed by atoms with van der Waals surface area (Å²) in [5, 5.41) is 0.368. The third-order valence-electron chi connectivity index (χ3n) is 2.62. The van der Waals surface area contributed by atoms with Crippen LogP contribution in [0.15, 0.2) is 36.4 Å². The molecule has 0 aliphatic heterocycles. The van der Waals surface area contributed by atoms with Gasteiger partial charge in [-0.15, -0.1) is 0 Å². The van der Waals surface area contributed by atoms with E-state index in [9.17, 15) is 9.18 Å². The number of carbonyl (C=O) groups excluding carboxylic acids is 1. The van der Waals surface area contributed by atoms with E-state index in [1.165, 1.54) is 0 Å². The van der Waals surface area contributed by atoms with Crippen molar-refractivity contribution in [1.82, 2.24) is 0 Å². The summed E-state index contributed by atoms with van der Waals surface area (Å²) in [6.45, 7) is 1.69. The molecule has 2 rings (SSSR count). The first-order valence-electron chi connectivity index (χ1n) is 5.13. The van der Waals surface area contributed by atoms with E-state index in [1.54, 1.807) is 43.3 Å². The van der Waals surface area contributed by atoms with Crippen LogP contribution in [0.25, 0.3) is 11.1 Å². The van der Waals surface area contributed by atoms with E-state index < -0.39 is 0 Å². The third-order valence-corrected chi connectivity index (χ3v) is 2.93. The molecule has 2 aromatic carbocycles. The monoisotopic (exact) mass is 248 g/mol. The topological polar surface area (TPSA) is 17.1 Å². The summed E-state index contributed by atoms with van der Waals surface area (Å²) in [6, 6.07) is 9.96. The molecule has 0 heterocycles. The zero-order chi connectivity index (χ0) is 12.4. The molecule has 0 aromatic heterocycles. The first kappa shape index (κ1) is 11.8. The van der Waals surface area contributed by atoms with Crippen LogP contribution in [-0.4, -0.2) is 6.29 Å². The highest BCUT2D eigenvalue weighted by Gasteiger charge is 2.11. The fraction of sp³-hybridized carbons (Fsp3) is 0.0714. The second-order valence-electron chi connectivity index (χ2n) is 3.79. The predicted octanol–water partition coefficient (Wildman–Crippen LogP) is 4.27. The van der Waals surface area contributed by atoms with Gasteiger partial charge < -0.3 is 0 Å². The molecule has 0 saturated heterocycles. The Morgan fingerprint density at radius 1 is 1.12 bits per heavy atom. The Bertz CT molecular complexity index is 561. The maximum Gasteiger partial charge on any atom is 0.150 e. The number of aldehydes is 1. The van der Waals surface area contributed by atoms with Crippen molar-refractivity contribution in [2.24, 2.45) is 0 Å². The van der Waals surface area contributed by atoms with Crippen molar-refractivity contribution in [3.05, 3.63) is 58.4 Å². The first-order chi connectivity index (χ1) is 8.13. The first-order valence-corrected chi connectivity index (χ1v) is 5.51. The lowest BCUT2D eigenvalue weighted by Gasteiger charge is -2.08. The molecule has 0 aliphatic carbocycles. The summed E-state index contributed by atoms with van der Waals surface area (Å²) in [5.74, 6) is -0.323. The normalized spacial score (nSPS) is 10.3. The minimum Gasteiger partial charge on any atom is -0.298 e. The van der Waals surface area contributed by atoms with Gasteiger partial charge in [0.05, 0.1) is 5.02 Å². The summed E-state index contributed by atoms with van der Waals surface area (Å²) < 4.78 is 14.0. The minimum absolute atomic E-state index is 0.323. The zero-order valence-electron chi connectivity index (χ0n) is 9.21. The van der Waals surface area contributed by atoms with Crippen molar-refractivity contribution in [2.45, 2.75) is 6.92 Å². The van der Waals surface area contributed by atoms with Crippen LogP contribution in [0.3, 0.4) is 0 Å². The minimum atomic E-state index is -0.323. The highest BCUT2D eigenvalue weighted by molar-refractivity contribution is 6.33. The van der Waals surface area contributed by atoms with Crippen molar-refractivity contribution >= 4 is 17.9 Å². The highest BCUT2D eigenvalue weighted by atomic mass is 35.5. The van der Waals surface area contributed by atoms with Gasteiger partial charge in [0.25, 0.3) is 0 Å². The van der Waals surface area contributed by atoms with E-state index >= 15 is 0 Å². The largest absolute Gasteiger partial charge is 0.298 e. The summed E-state index contributed by atoms with van der Waals surface area (Å²) >= 11 is 6.00. The lowest BCUT2D eigenvalue weighted by molar-refractivity contribution is 0.112. The average molecular weight is 249 g/mol. The summed E-state index contributed by atoms with van der Waals surface area (Å²) in [5.41, 5.74) is 2.15. The van der Waals surface area contributed by atoms with Crippen molar-refractivity contribution in [3.8, 4) is 11.1 Å². The van der Waals surface area contributed by atoms with E-state index in [0.717, 1.165) is 6.29 Å². The molecule has 0 radical (unpaired) electrons. The quantitative estimate of drug-likeness (QED) is 0.726. The molecule has 0 atom stereocenters. The lowest BCUT2D eigenvalue weighted by atomic mass is 10.0. The van der Waals surface area contributed by atoms with Gasteiger partial charge in [-0.1, -0.05) is 41.9 Å². The van der Waals surface area contributed by atoms with Crippen LogP contribution in [0.2, 0.25) is 5.02 Å². The van der Waals surface area contributed by atoms with Gasteiger partial charge in [-0.2, -0.15) is 0 Å². The second kappa shape index (κ2) is 4.68. The molecular formula is C14H10ClFO. The average Bonchev–Trinajstić information content (AvgIpc) is 2.35. The fourth-order valence-corrected chi connectivity index (χ4v) is 1.90. The summed E-state index contributed by atoms with van der Waals surface area (Å²) in [7, 11) is 0. The molecule has 1 nitrogen and oxygen atoms in total. The van der Waals surface area contributed by atoms with E-state index in [0.29, 0.717) is 27.3 Å². The zero-order valence-corrected chi connectivity index (χ0v) is 9.96. The molecule has 0 saturated carbocycles. The van der Waals surface area contributed by atoms with Gasteiger partial charge in [-0.3, -0.25) is 4.79 Å². The van der Waals surface area contributed by atoms with Gasteiger partial charge in [0.2, 0.25) is 0 Å². The number of carbonyl (C=O) groups is 1. The third kappa shape index (κ3) is 2.22. The van der Waals surface area contributed by atoms with Gasteiger partial charge >= 0.3 is 0 Å². The number of benzene rings is 2. The SMILES string of the molecule is Cc1ccc(Cl)c(-c2ccc(C=O)cc2)c1F. The van der Waals surface area contributed by atoms with Crippen molar-refractivity contribution < 1.29 is 9.18 Å². The van der Waals surface area contributed by atoms with Gasteiger partial charge in [0, 0.05) is 11.1 Å². The van der Waals surface area contributed by atoms with E-state index in [2.05, 4.69) is 0 Å². The Kier molecular flexibility index (Phi) is 3.25. The summed E-state index contributed by atoms with van der Waals surface area (Å²) in [4.78, 5) is 10.5. The molecule has 0 unspecified atom stereocenters. The van der Waals surface area contributed by atoms with Gasteiger partial charge in [-0.25, -0.2) is 4.39 Å². The number of hydrogen-bond donors (Lipinski definition) is 0. The van der Waals surface area contributed by atoms with Crippen LogP contribution in [0.4, 0.5) is 4.39 Å². The Morgan fingerprint density at radius 2 is 1.76 bits per heavy atom. The van der Waals surface area contributed by atoms with Gasteiger partial charge in [0.1, 0.15) is 12.1 Å². The number of halogens is 2. The van der Waals surface area contributed by atoms with Crippen LogP contribution in [0.5, 0.6) is 0 Å². The van der Waals surface area contributed by atoms with Gasteiger partial charge in [-0.05, 0) is 24.1 Å². The molecule has 2 aromatic rings. The molecule has 0 N–H and O–H groups in total. The Hall–Kier alpha value is -1.67. The van der Waals surface area contributed by atoms with Crippen molar-refractivity contribution in [2.75, 3.05) is 0 Å². The van der Waals surface area contributed by atoms with Crippen LogP contribution in [0, 0.1) is 12.7 Å². The molecule has 17 heavy (non-hydrogen) atoms. The number of rotatable bonds is 2. The van der Waals surface area contributed by atoms with E-state index in [4.69, 9.17) is 11.6 Å². The Balaban J connectivity index is 2.59. The Morgan fingerprint density at radius 3 is 2.35 bits per heavy atom. The highest BCUT2D eigenvalue weighted by Crippen LogP contribution is 2.32. The molecular weight excluding hydrogens is 239 g/mol. The lowest BCUT2D eigenvalue weighted by Crippen LogP contribution is -1.90. The number of aryl methyl sites for hydroxylation is 1. The standard InChI is InChI=1S/C14H10ClFO/c1-9-2-7-12(15)13(14(9)16)11-5-3-10(8-17)4-6-11/h2-8H,1H3. The molecule has 86 valence electrons. The van der Waals surface area contributed by atoms with Crippen LogP contribution in [-0.2, 0) is 0 Å². The molecule has 0 bridgehead atoms. The van der Waals surface area contributed by atoms with Crippen molar-refractivity contribution in [3.63, 3.8) is 0 Å². The molecule has 3 heteroatoms. The maximum absolute atomic E-state index is 14.0. The van der Waals surface area contributed by atoms with Crippen LogP contribution < -0.4 is 0 Å². The van der Waals surface area contributed by atoms with Crippen LogP contribution >= 0.6 is 11.6 Å². The summed E-state index contributed by atoms with van der Waals surface area (Å²) in [6.07, 6.45) is 0.748. The Labute approximate surface area is 104 Å². The van der Waals surface area contributed by atoms with Crippen LogP contribution in [0.1, 0.15) is 15.9 Å². The molecule has 0 fully saturated rings. The van der Waals surface area contributed by atoms with Crippen molar-refractivity contribution in [1.29, 1.82) is 0 Å². The maximum atomic E-state index is 14.0. The van der Waals surface area contributed by atoms with E-state index in [-0.39, 0.29) is 5.82 Å². The fourth-order valence-electron chi connectivity index (χ4n) is 1.65. The predicted molar refractivity (Wildman–Crippen MR) is 67.0 cm³/mol. The molecule has 0 spiro atoms. The smallest absolute Gasteiger partial charge is 0.150 e. The molecule has 0 amide bonds.